The molecule has 7 aromatic carbocycles. The Bertz CT molecular complexity index is 2980. The van der Waals surface area contributed by atoms with Crippen molar-refractivity contribution in [3.8, 4) is 22.3 Å². The molecule has 10 heteroatoms. The van der Waals surface area contributed by atoms with Crippen molar-refractivity contribution in [1.29, 1.82) is 0 Å². The predicted octanol–water partition coefficient (Wildman–Crippen LogP) is 2.82. The molecule has 7 aromatic rings. The quantitative estimate of drug-likeness (QED) is 0.192. The number of fused-ring (bicyclic) bond motifs is 4. The molecule has 344 valence electrons. The fraction of sp³-hybridized carbons (Fsp3) is 0.136. The van der Waals surface area contributed by atoms with Gasteiger partial charge in [0.2, 0.25) is 0 Å². The Morgan fingerprint density at radius 3 is 1.49 bits per heavy atom. The Kier molecular flexibility index (Phi) is 25.8. The summed E-state index contributed by atoms with van der Waals surface area (Å²) < 4.78 is 0. The van der Waals surface area contributed by atoms with Gasteiger partial charge in [0, 0.05) is 40.3 Å². The van der Waals surface area contributed by atoms with Crippen LogP contribution in [0.3, 0.4) is 0 Å². The Balaban J connectivity index is 0.000000308. The van der Waals surface area contributed by atoms with Crippen LogP contribution >= 0.6 is 0 Å². The van der Waals surface area contributed by atoms with E-state index >= 15 is 0 Å². The number of anilines is 1. The van der Waals surface area contributed by atoms with Crippen LogP contribution in [0.5, 0.6) is 0 Å². The molecule has 4 aliphatic rings. The summed E-state index contributed by atoms with van der Waals surface area (Å²) in [5, 5.41) is 5.37. The molecule has 11 rings (SSSR count). The van der Waals surface area contributed by atoms with Crippen LogP contribution in [-0.2, 0) is 52.4 Å². The number of nitrogens with zero attached hydrogens (tertiary/aromatic N) is 2. The molecule has 0 amide bonds. The van der Waals surface area contributed by atoms with E-state index in [2.05, 4.69) is 256 Å². The Hall–Kier alpha value is -3.67. The van der Waals surface area contributed by atoms with Gasteiger partial charge in [-0.15, -0.1) is 69.1 Å². The largest absolute Gasteiger partial charge is 4.00 e. The van der Waals surface area contributed by atoms with Crippen LogP contribution in [0, 0.1) is 13.8 Å². The van der Waals surface area contributed by atoms with E-state index in [1.807, 2.05) is 0 Å². The third-order valence-corrected chi connectivity index (χ3v) is 13.0. The third-order valence-electron chi connectivity index (χ3n) is 11.2. The van der Waals surface area contributed by atoms with E-state index in [0.29, 0.717) is 0 Å². The van der Waals surface area contributed by atoms with Crippen molar-refractivity contribution < 1.29 is 102 Å². The van der Waals surface area contributed by atoms with Gasteiger partial charge in [-0.2, -0.15) is 12.1 Å². The number of hydrogen-bond donors (Lipinski definition) is 0. The number of allylic oxidation sites excluding steroid dienone is 7. The fourth-order valence-electron chi connectivity index (χ4n) is 8.57. The van der Waals surface area contributed by atoms with Crippen LogP contribution < -0.4 is 54.5 Å². The van der Waals surface area contributed by atoms with Crippen LogP contribution in [0.4, 0.5) is 5.69 Å². The van der Waals surface area contributed by atoms with Crippen LogP contribution in [0.1, 0.15) is 18.1 Å². The molecule has 0 radical (unpaired) electrons. The molecule has 2 nitrogen and oxygen atoms in total. The van der Waals surface area contributed by atoms with Gasteiger partial charge in [0.15, 0.2) is 0 Å². The van der Waals surface area contributed by atoms with Crippen molar-refractivity contribution in [2.75, 3.05) is 11.4 Å². The zero-order valence-corrected chi connectivity index (χ0v) is 50.1. The molecular formula is C59H56Cl4N2Si2Zr2+2. The molecule has 0 unspecified atom stereocenters. The summed E-state index contributed by atoms with van der Waals surface area (Å²) in [6.07, 6.45) is 13.5. The van der Waals surface area contributed by atoms with Crippen molar-refractivity contribution in [2.45, 2.75) is 47.0 Å². The second-order valence-electron chi connectivity index (χ2n) is 17.2. The zero-order chi connectivity index (χ0) is 43.9. The van der Waals surface area contributed by atoms with Crippen molar-refractivity contribution in [3.05, 3.63) is 233 Å². The van der Waals surface area contributed by atoms with E-state index in [1.54, 1.807) is 0 Å². The number of benzene rings is 5. The molecular weight excluding hydrogens is 1120 g/mol. The number of hydrogen-bond acceptors (Lipinski definition) is 2. The average molecular weight is 1170 g/mol. The van der Waals surface area contributed by atoms with Crippen molar-refractivity contribution in [2.24, 2.45) is 4.99 Å². The molecule has 0 aromatic heterocycles. The molecule has 2 heterocycles. The van der Waals surface area contributed by atoms with Gasteiger partial charge in [0.05, 0.1) is 11.4 Å². The minimum atomic E-state index is -0.313. The Morgan fingerprint density at radius 1 is 0.522 bits per heavy atom. The monoisotopic (exact) mass is 1170 g/mol. The second kappa shape index (κ2) is 29.0. The maximum Gasteiger partial charge on any atom is 4.00 e. The number of aryl methyl sites for hydroxylation is 2. The molecule has 2 aliphatic carbocycles. The summed E-state index contributed by atoms with van der Waals surface area (Å²) in [7, 11) is -0.622. The predicted molar refractivity (Wildman–Crippen MR) is 282 cm³/mol. The van der Waals surface area contributed by atoms with Crippen LogP contribution in [0.25, 0.3) is 43.8 Å². The van der Waals surface area contributed by atoms with E-state index in [4.69, 9.17) is 0 Å². The van der Waals surface area contributed by atoms with Gasteiger partial charge >= 0.3 is 52.4 Å². The first-order chi connectivity index (χ1) is 30.6. The van der Waals surface area contributed by atoms with E-state index in [1.165, 1.54) is 88.6 Å². The molecule has 0 fully saturated rings. The van der Waals surface area contributed by atoms with Gasteiger partial charge in [0.25, 0.3) is 0 Å². The molecule has 2 aliphatic heterocycles. The summed E-state index contributed by atoms with van der Waals surface area (Å²) in [5.41, 5.74) is 22.9. The first-order valence-corrected chi connectivity index (χ1v) is 27.1. The Morgan fingerprint density at radius 2 is 1.01 bits per heavy atom. The summed E-state index contributed by atoms with van der Waals surface area (Å²) in [6, 6.07) is 53.7. The summed E-state index contributed by atoms with van der Waals surface area (Å²) in [6.45, 7) is 16.6. The fourth-order valence-corrected chi connectivity index (χ4v) is 10.1. The molecule has 0 spiro atoms. The minimum Gasteiger partial charge on any atom is -1.00 e. The van der Waals surface area contributed by atoms with E-state index in [0.717, 1.165) is 18.0 Å². The SMILES string of the molecule is CC1=CC2=CC(C=[Si](C)C)=NC2=C1.C[Si](C)=CC1=CC2=CCN(c3ccccc3)C2=C1.Cc1cc2c(-c3ccccc3)cccc2[cH-]1.Cc1cc2c(-c3ccccc3)cccc2[cH-]1.[Cl-].[Cl-].[Cl-].[Cl-].[Zr+4].[Zr+4]. The smallest absolute Gasteiger partial charge is 1.00 e. The standard InChI is InChI=1S/C16H17NSi.2C16H13.C11H13NSi.4ClH.2Zr/c1-18(2)12-13-10-14-8-9-17(16(14)11-13)15-6-4-3-5-7-15;2*1-12-10-14-8-5-9-15(16(14)11-12)13-6-3-2-4-7-13;1-8-4-9-6-10(7-13(2)3)12-11(9)5-8;;;;;;/h3-8,10-12H,9H2,1-2H3;2*2-11H,1H3;4-7H,1-3H3;4*1H;;/q;2*-1;;;;;;2*+4/p-4. The molecule has 69 heavy (non-hydrogen) atoms. The first-order valence-electron chi connectivity index (χ1n) is 22.0. The van der Waals surface area contributed by atoms with Gasteiger partial charge in [0.1, 0.15) is 0 Å². The van der Waals surface area contributed by atoms with Gasteiger partial charge < -0.3 is 54.5 Å². The van der Waals surface area contributed by atoms with Crippen molar-refractivity contribution >= 4 is 61.1 Å². The van der Waals surface area contributed by atoms with Gasteiger partial charge in [-0.3, -0.25) is 0 Å². The maximum atomic E-state index is 4.54. The van der Waals surface area contributed by atoms with E-state index in [-0.39, 0.29) is 119 Å². The number of para-hydroxylation sites is 1. The zero-order valence-electron chi connectivity index (χ0n) is 40.2. The van der Waals surface area contributed by atoms with Crippen molar-refractivity contribution in [1.82, 2.24) is 0 Å². The second-order valence-corrected chi connectivity index (χ2v) is 22.1. The molecule has 0 N–H and O–H groups in total. The van der Waals surface area contributed by atoms with Gasteiger partial charge in [-0.25, -0.2) is 4.99 Å². The van der Waals surface area contributed by atoms with E-state index < -0.39 is 0 Å². The third kappa shape index (κ3) is 15.9. The summed E-state index contributed by atoms with van der Waals surface area (Å²) in [5.74, 6) is 0. The molecule has 0 atom stereocenters. The summed E-state index contributed by atoms with van der Waals surface area (Å²) in [4.78, 5) is 6.92. The minimum absolute atomic E-state index is 0. The van der Waals surface area contributed by atoms with Gasteiger partial charge in [-0.1, -0.05) is 160 Å². The maximum absolute atomic E-state index is 4.54. The number of aliphatic imine (C=N–C) groups is 1. The van der Waals surface area contributed by atoms with Crippen LogP contribution in [0.15, 0.2) is 227 Å². The van der Waals surface area contributed by atoms with Crippen LogP contribution in [0.2, 0.25) is 26.2 Å². The molecule has 0 saturated heterocycles. The van der Waals surface area contributed by atoms with E-state index in [9.17, 15) is 0 Å². The Labute approximate surface area is 476 Å². The summed E-state index contributed by atoms with van der Waals surface area (Å²) >= 11 is 0. The average Bonchev–Trinajstić information content (AvgIpc) is 4.13. The molecule has 0 bridgehead atoms. The van der Waals surface area contributed by atoms with Crippen molar-refractivity contribution in [3.63, 3.8) is 0 Å². The first kappa shape index (κ1) is 61.4. The normalized spacial score (nSPS) is 13.0. The molecule has 0 saturated carbocycles. The van der Waals surface area contributed by atoms with Gasteiger partial charge in [-0.05, 0) is 77.3 Å². The topological polar surface area (TPSA) is 15.6 Å². The number of rotatable bonds is 5. The van der Waals surface area contributed by atoms with Crippen LogP contribution in [-0.4, -0.2) is 40.4 Å². The number of halogens is 4.